The van der Waals surface area contributed by atoms with Crippen LogP contribution in [0.4, 0.5) is 0 Å². The van der Waals surface area contributed by atoms with Gasteiger partial charge in [-0.1, -0.05) is 0 Å². The highest BCUT2D eigenvalue weighted by Gasteiger charge is 2.24. The van der Waals surface area contributed by atoms with E-state index in [1.165, 1.54) is 0 Å². The summed E-state index contributed by atoms with van der Waals surface area (Å²) >= 11 is 0. The van der Waals surface area contributed by atoms with Gasteiger partial charge < -0.3 is 4.90 Å². The molecular formula is C12H14N4O. The predicted molar refractivity (Wildman–Crippen MR) is 63.2 cm³/mol. The molecule has 1 atom stereocenters. The van der Waals surface area contributed by atoms with Crippen molar-refractivity contribution < 1.29 is 4.79 Å². The van der Waals surface area contributed by atoms with Crippen molar-refractivity contribution in [2.75, 3.05) is 20.1 Å². The number of nitrogens with zero attached hydrogens (tertiary/aromatic N) is 4. The number of hydrogen-bond donors (Lipinski definition) is 0. The molecule has 1 aliphatic rings. The Labute approximate surface area is 99.1 Å². The fourth-order valence-corrected chi connectivity index (χ4v) is 2.30. The van der Waals surface area contributed by atoms with Crippen molar-refractivity contribution in [1.82, 2.24) is 19.5 Å². The van der Waals surface area contributed by atoms with E-state index in [0.29, 0.717) is 11.5 Å². The van der Waals surface area contributed by atoms with Gasteiger partial charge in [0, 0.05) is 24.2 Å². The number of aromatic nitrogens is 3. The van der Waals surface area contributed by atoms with E-state index in [1.54, 1.807) is 16.8 Å². The maximum Gasteiger partial charge on any atom is 0.156 e. The van der Waals surface area contributed by atoms with Crippen LogP contribution in [0.5, 0.6) is 0 Å². The van der Waals surface area contributed by atoms with Crippen molar-refractivity contribution in [2.24, 2.45) is 0 Å². The Morgan fingerprint density at radius 3 is 3.06 bits per heavy atom. The highest BCUT2D eigenvalue weighted by molar-refractivity contribution is 5.74. The summed E-state index contributed by atoms with van der Waals surface area (Å²) in [5.41, 5.74) is 1.43. The SMILES string of the molecule is CN1CCC(c2nc3ccc(C=O)cn3n2)C1. The minimum atomic E-state index is 0.416. The highest BCUT2D eigenvalue weighted by atomic mass is 16.1. The Kier molecular flexibility index (Phi) is 2.40. The summed E-state index contributed by atoms with van der Waals surface area (Å²) < 4.78 is 1.69. The van der Waals surface area contributed by atoms with Gasteiger partial charge in [0.05, 0.1) is 0 Å². The van der Waals surface area contributed by atoms with Crippen molar-refractivity contribution in [3.63, 3.8) is 0 Å². The molecule has 0 amide bonds. The summed E-state index contributed by atoms with van der Waals surface area (Å²) in [7, 11) is 2.11. The molecular weight excluding hydrogens is 216 g/mol. The first-order valence-electron chi connectivity index (χ1n) is 5.76. The smallest absolute Gasteiger partial charge is 0.156 e. The molecule has 5 nitrogen and oxygen atoms in total. The van der Waals surface area contributed by atoms with Gasteiger partial charge >= 0.3 is 0 Å². The molecule has 3 rings (SSSR count). The average molecular weight is 230 g/mol. The summed E-state index contributed by atoms with van der Waals surface area (Å²) in [6.07, 6.45) is 3.65. The van der Waals surface area contributed by atoms with Crippen LogP contribution in [0.1, 0.15) is 28.5 Å². The maximum atomic E-state index is 10.7. The zero-order chi connectivity index (χ0) is 11.8. The second kappa shape index (κ2) is 3.92. The van der Waals surface area contributed by atoms with Gasteiger partial charge in [0.2, 0.25) is 0 Å². The summed E-state index contributed by atoms with van der Waals surface area (Å²) in [4.78, 5) is 17.5. The van der Waals surface area contributed by atoms with Crippen LogP contribution in [-0.2, 0) is 0 Å². The zero-order valence-corrected chi connectivity index (χ0v) is 9.71. The fourth-order valence-electron chi connectivity index (χ4n) is 2.30. The van der Waals surface area contributed by atoms with Crippen LogP contribution in [0.25, 0.3) is 5.65 Å². The van der Waals surface area contributed by atoms with E-state index in [4.69, 9.17) is 0 Å². The number of likely N-dealkylation sites (tertiary alicyclic amines) is 1. The molecule has 1 fully saturated rings. The van der Waals surface area contributed by atoms with Crippen LogP contribution < -0.4 is 0 Å². The van der Waals surface area contributed by atoms with Crippen molar-refractivity contribution >= 4 is 11.9 Å². The second-order valence-corrected chi connectivity index (χ2v) is 4.60. The van der Waals surface area contributed by atoms with Crippen LogP contribution in [0, 0.1) is 0 Å². The van der Waals surface area contributed by atoms with Crippen molar-refractivity contribution in [1.29, 1.82) is 0 Å². The van der Waals surface area contributed by atoms with Crippen LogP contribution in [-0.4, -0.2) is 45.9 Å². The quantitative estimate of drug-likeness (QED) is 0.721. The Morgan fingerprint density at radius 2 is 2.35 bits per heavy atom. The van der Waals surface area contributed by atoms with Crippen LogP contribution in [0.2, 0.25) is 0 Å². The predicted octanol–water partition coefficient (Wildman–Crippen LogP) is 0.961. The molecule has 0 bridgehead atoms. The summed E-state index contributed by atoms with van der Waals surface area (Å²) in [6.45, 7) is 2.11. The van der Waals surface area contributed by atoms with Crippen LogP contribution in [0.3, 0.4) is 0 Å². The third kappa shape index (κ3) is 1.82. The molecule has 0 spiro atoms. The minimum absolute atomic E-state index is 0.416. The van der Waals surface area contributed by atoms with E-state index < -0.39 is 0 Å². The van der Waals surface area contributed by atoms with Crippen LogP contribution >= 0.6 is 0 Å². The lowest BCUT2D eigenvalue weighted by molar-refractivity contribution is 0.112. The number of aldehydes is 1. The summed E-state index contributed by atoms with van der Waals surface area (Å²) in [5, 5.41) is 4.46. The average Bonchev–Trinajstić information content (AvgIpc) is 2.93. The fraction of sp³-hybridized carbons (Fsp3) is 0.417. The lowest BCUT2D eigenvalue weighted by atomic mass is 10.1. The van der Waals surface area contributed by atoms with Gasteiger partial charge in [-0.25, -0.2) is 9.50 Å². The van der Waals surface area contributed by atoms with Gasteiger partial charge in [-0.05, 0) is 32.1 Å². The Morgan fingerprint density at radius 1 is 1.47 bits per heavy atom. The molecule has 0 N–H and O–H groups in total. The van der Waals surface area contributed by atoms with Gasteiger partial charge in [0.25, 0.3) is 0 Å². The molecule has 17 heavy (non-hydrogen) atoms. The van der Waals surface area contributed by atoms with Crippen molar-refractivity contribution in [2.45, 2.75) is 12.3 Å². The molecule has 0 saturated carbocycles. The van der Waals surface area contributed by atoms with E-state index in [1.807, 2.05) is 6.07 Å². The molecule has 1 unspecified atom stereocenters. The third-order valence-corrected chi connectivity index (χ3v) is 3.26. The van der Waals surface area contributed by atoms with E-state index in [9.17, 15) is 4.79 Å². The molecule has 5 heteroatoms. The van der Waals surface area contributed by atoms with Gasteiger partial charge in [0.1, 0.15) is 0 Å². The molecule has 3 heterocycles. The molecule has 2 aromatic rings. The van der Waals surface area contributed by atoms with Crippen LogP contribution in [0.15, 0.2) is 18.3 Å². The number of likely N-dealkylation sites (N-methyl/N-ethyl adjacent to an activating group) is 1. The van der Waals surface area contributed by atoms with Gasteiger partial charge in [-0.2, -0.15) is 5.10 Å². The first-order valence-corrected chi connectivity index (χ1v) is 5.76. The number of hydrogen-bond acceptors (Lipinski definition) is 4. The minimum Gasteiger partial charge on any atom is -0.306 e. The van der Waals surface area contributed by atoms with Crippen molar-refractivity contribution in [3.05, 3.63) is 29.7 Å². The molecule has 1 aliphatic heterocycles. The number of carbonyl (C=O) groups is 1. The Hall–Kier alpha value is -1.75. The molecule has 0 aliphatic carbocycles. The molecule has 88 valence electrons. The third-order valence-electron chi connectivity index (χ3n) is 3.26. The standard InChI is InChI=1S/C12H14N4O/c1-15-5-4-10(7-15)12-13-11-3-2-9(8-17)6-16(11)14-12/h2-3,6,8,10H,4-5,7H2,1H3. The van der Waals surface area contributed by atoms with E-state index in [2.05, 4.69) is 22.0 Å². The molecule has 0 aromatic carbocycles. The first kappa shape index (κ1) is 10.4. The summed E-state index contributed by atoms with van der Waals surface area (Å²) in [5.74, 6) is 1.30. The lowest BCUT2D eigenvalue weighted by Gasteiger charge is -2.05. The van der Waals surface area contributed by atoms with Crippen molar-refractivity contribution in [3.8, 4) is 0 Å². The largest absolute Gasteiger partial charge is 0.306 e. The molecule has 0 radical (unpaired) electrons. The maximum absolute atomic E-state index is 10.7. The Bertz CT molecular complexity index is 563. The van der Waals surface area contributed by atoms with Gasteiger partial charge in [0.15, 0.2) is 17.8 Å². The number of pyridine rings is 1. The topological polar surface area (TPSA) is 50.5 Å². The number of carbonyl (C=O) groups excluding carboxylic acids is 1. The first-order chi connectivity index (χ1) is 8.26. The van der Waals surface area contributed by atoms with Gasteiger partial charge in [-0.15, -0.1) is 0 Å². The number of rotatable bonds is 2. The highest BCUT2D eigenvalue weighted by Crippen LogP contribution is 2.23. The molecule has 2 aromatic heterocycles. The van der Waals surface area contributed by atoms with Gasteiger partial charge in [-0.3, -0.25) is 4.79 Å². The van der Waals surface area contributed by atoms with E-state index in [-0.39, 0.29) is 0 Å². The van der Waals surface area contributed by atoms with E-state index in [0.717, 1.165) is 37.3 Å². The second-order valence-electron chi connectivity index (χ2n) is 4.60. The summed E-state index contributed by atoms with van der Waals surface area (Å²) in [6, 6.07) is 3.60. The molecule has 1 saturated heterocycles. The monoisotopic (exact) mass is 230 g/mol. The zero-order valence-electron chi connectivity index (χ0n) is 9.71. The Balaban J connectivity index is 1.98. The number of fused-ring (bicyclic) bond motifs is 1. The normalized spacial score (nSPS) is 21.1. The van der Waals surface area contributed by atoms with E-state index >= 15 is 0 Å². The lowest BCUT2D eigenvalue weighted by Crippen LogP contribution is -2.13.